The maximum absolute atomic E-state index is 10.1. The van der Waals surface area contributed by atoms with Crippen molar-refractivity contribution in [2.45, 2.75) is 0 Å². The van der Waals surface area contributed by atoms with Gasteiger partial charge in [-0.2, -0.15) is 0 Å². The van der Waals surface area contributed by atoms with Crippen LogP contribution in [0.5, 0.6) is 0 Å². The maximum Gasteiger partial charge on any atom is 0.0667 e. The molecule has 0 fully saturated rings. The van der Waals surface area contributed by atoms with Crippen LogP contribution < -0.4 is 0 Å². The van der Waals surface area contributed by atoms with Gasteiger partial charge < -0.3 is 13.7 Å². The molecule has 3 heterocycles. The largest absolute Gasteiger partial charge is 0.309 e. The molecule has 3 aromatic heterocycles. The van der Waals surface area contributed by atoms with Crippen LogP contribution in [0.4, 0.5) is 0 Å². The quantitative estimate of drug-likeness (QED) is 0.180. The van der Waals surface area contributed by atoms with Crippen molar-refractivity contribution in [1.29, 1.82) is 0 Å². The number of aromatic nitrogens is 3. The zero-order valence-corrected chi connectivity index (χ0v) is 27.5. The predicted octanol–water partition coefficient (Wildman–Crippen LogP) is 12.6. The van der Waals surface area contributed by atoms with E-state index in [0.717, 1.165) is 65.9 Å². The van der Waals surface area contributed by atoms with E-state index in [1.165, 1.54) is 10.8 Å². The Morgan fingerprint density at radius 2 is 0.627 bits per heavy atom. The van der Waals surface area contributed by atoms with E-state index < -0.39 is 0 Å². The minimum Gasteiger partial charge on any atom is -0.309 e. The topological polar surface area (TPSA) is 14.8 Å². The first-order chi connectivity index (χ1) is 26.6. The number of hydrogen-bond donors (Lipinski definition) is 0. The average molecular weight is 653 g/mol. The van der Waals surface area contributed by atoms with Crippen LogP contribution in [0, 0.1) is 0 Å². The van der Waals surface area contributed by atoms with Crippen molar-refractivity contribution >= 4 is 65.4 Å². The summed E-state index contributed by atoms with van der Waals surface area (Å²) >= 11 is 0. The van der Waals surface area contributed by atoms with Crippen molar-refractivity contribution in [1.82, 2.24) is 13.7 Å². The van der Waals surface area contributed by atoms with Crippen molar-refractivity contribution < 1.29 is 4.11 Å². The van der Waals surface area contributed by atoms with Crippen LogP contribution in [0.25, 0.3) is 93.6 Å². The summed E-state index contributed by atoms with van der Waals surface area (Å²) in [6.45, 7) is 0. The average Bonchev–Trinajstić information content (AvgIpc) is 3.85. The van der Waals surface area contributed by atoms with Gasteiger partial charge in [0.1, 0.15) is 0 Å². The van der Waals surface area contributed by atoms with Crippen molar-refractivity contribution in [2.24, 2.45) is 0 Å². The third kappa shape index (κ3) is 4.12. The molecule has 8 aromatic carbocycles. The lowest BCUT2D eigenvalue weighted by Crippen LogP contribution is -2.00. The molecule has 0 aliphatic rings. The molecule has 11 rings (SSSR count). The molecule has 0 spiro atoms. The van der Waals surface area contributed by atoms with Crippen LogP contribution in [0.1, 0.15) is 4.11 Å². The van der Waals surface area contributed by atoms with Gasteiger partial charge in [0.05, 0.1) is 37.2 Å². The fraction of sp³-hybridized carbons (Fsp3) is 0. The smallest absolute Gasteiger partial charge is 0.0667 e. The molecule has 0 amide bonds. The Bertz CT molecular complexity index is 3210. The van der Waals surface area contributed by atoms with Crippen LogP contribution in [-0.4, -0.2) is 13.7 Å². The predicted molar refractivity (Wildman–Crippen MR) is 215 cm³/mol. The van der Waals surface area contributed by atoms with Gasteiger partial charge in [-0.05, 0) is 77.8 Å². The molecule has 238 valence electrons. The second-order valence-corrected chi connectivity index (χ2v) is 13.1. The van der Waals surface area contributed by atoms with Gasteiger partial charge in [0.15, 0.2) is 0 Å². The van der Waals surface area contributed by atoms with Crippen LogP contribution in [0.2, 0.25) is 0 Å². The molecule has 0 aliphatic heterocycles. The first kappa shape index (κ1) is 25.2. The van der Waals surface area contributed by atoms with Crippen molar-refractivity contribution in [3.8, 4) is 28.2 Å². The molecule has 3 heteroatoms. The van der Waals surface area contributed by atoms with Gasteiger partial charge in [0.25, 0.3) is 0 Å². The zero-order valence-electron chi connectivity index (χ0n) is 30.5. The molecular weight excluding hydrogens is 619 g/mol. The first-order valence-corrected chi connectivity index (χ1v) is 17.3. The third-order valence-corrected chi connectivity index (χ3v) is 10.3. The minimum atomic E-state index is 0.130. The molecule has 0 N–H and O–H groups in total. The highest BCUT2D eigenvalue weighted by Crippen LogP contribution is 2.39. The number of para-hydroxylation sites is 5. The molecule has 51 heavy (non-hydrogen) atoms. The summed E-state index contributed by atoms with van der Waals surface area (Å²) in [6, 6.07) is 58.4. The van der Waals surface area contributed by atoms with Gasteiger partial charge >= 0.3 is 0 Å². The van der Waals surface area contributed by atoms with E-state index in [-0.39, 0.29) is 18.1 Å². The van der Waals surface area contributed by atoms with Crippen molar-refractivity contribution in [2.75, 3.05) is 0 Å². The van der Waals surface area contributed by atoms with Crippen LogP contribution in [0.3, 0.4) is 0 Å². The molecule has 11 aromatic rings. The van der Waals surface area contributed by atoms with E-state index in [9.17, 15) is 4.11 Å². The molecule has 0 atom stereocenters. The summed E-state index contributed by atoms with van der Waals surface area (Å²) in [4.78, 5) is 0. The standard InChI is InChI=1S/C48H31N3/c1-2-14-32(15-3-1)33-28-35(50-45-23-11-6-18-39(45)40-19-7-12-24-46(40)50)30-36(29-33)51-47-25-13-8-20-41(47)42-31-34(26-27-48(42)51)49-43-21-9-4-16-37(43)38-17-5-10-22-44(38)49/h1-31H/i28D,29D,30D. The molecule has 0 radical (unpaired) electrons. The Morgan fingerprint density at radius 3 is 1.08 bits per heavy atom. The van der Waals surface area contributed by atoms with Crippen LogP contribution in [0.15, 0.2) is 188 Å². The highest BCUT2D eigenvalue weighted by Gasteiger charge is 2.19. The summed E-state index contributed by atoms with van der Waals surface area (Å²) in [5.74, 6) is 0. The lowest BCUT2D eigenvalue weighted by atomic mass is 10.0. The second-order valence-electron chi connectivity index (χ2n) is 13.1. The first-order valence-electron chi connectivity index (χ1n) is 18.8. The lowest BCUT2D eigenvalue weighted by Gasteiger charge is -2.16. The number of fused-ring (bicyclic) bond motifs is 9. The summed E-state index contributed by atoms with van der Waals surface area (Å²) < 4.78 is 36.3. The Kier molecular flexibility index (Phi) is 5.35. The second kappa shape index (κ2) is 10.8. The van der Waals surface area contributed by atoms with Gasteiger partial charge in [0, 0.05) is 49.4 Å². The molecule has 0 saturated carbocycles. The molecule has 0 bridgehead atoms. The fourth-order valence-corrected chi connectivity index (χ4v) is 8.12. The number of benzene rings is 8. The van der Waals surface area contributed by atoms with Crippen LogP contribution >= 0.6 is 0 Å². The van der Waals surface area contributed by atoms with E-state index in [0.29, 0.717) is 16.9 Å². The normalized spacial score (nSPS) is 12.7. The van der Waals surface area contributed by atoms with Crippen molar-refractivity contribution in [3.05, 3.63) is 188 Å². The fourth-order valence-electron chi connectivity index (χ4n) is 8.12. The molecule has 3 nitrogen and oxygen atoms in total. The lowest BCUT2D eigenvalue weighted by molar-refractivity contribution is 1.13. The van der Waals surface area contributed by atoms with Gasteiger partial charge in [-0.25, -0.2) is 0 Å². The van der Waals surface area contributed by atoms with Gasteiger partial charge in [-0.3, -0.25) is 0 Å². The third-order valence-electron chi connectivity index (χ3n) is 10.3. The Labute approximate surface area is 298 Å². The molecule has 0 saturated heterocycles. The van der Waals surface area contributed by atoms with Crippen LogP contribution in [-0.2, 0) is 0 Å². The summed E-state index contributed by atoms with van der Waals surface area (Å²) in [5, 5.41) is 6.57. The summed E-state index contributed by atoms with van der Waals surface area (Å²) in [7, 11) is 0. The highest BCUT2D eigenvalue weighted by molar-refractivity contribution is 6.13. The van der Waals surface area contributed by atoms with E-state index in [1.54, 1.807) is 0 Å². The molecule has 0 unspecified atom stereocenters. The van der Waals surface area contributed by atoms with E-state index in [4.69, 9.17) is 0 Å². The van der Waals surface area contributed by atoms with E-state index >= 15 is 0 Å². The Morgan fingerprint density at radius 1 is 0.275 bits per heavy atom. The zero-order chi connectivity index (χ0) is 36.1. The summed E-state index contributed by atoms with van der Waals surface area (Å²) in [6.07, 6.45) is 0. The van der Waals surface area contributed by atoms with Crippen molar-refractivity contribution in [3.63, 3.8) is 0 Å². The Hall–Kier alpha value is -6.84. The minimum absolute atomic E-state index is 0.130. The number of hydrogen-bond acceptors (Lipinski definition) is 0. The summed E-state index contributed by atoms with van der Waals surface area (Å²) in [5.41, 5.74) is 9.10. The molecular formula is C48H31N3. The number of nitrogens with zero attached hydrogens (tertiary/aromatic N) is 3. The SMILES string of the molecule is [2H]c1c(-c2ccccc2)c([2H])c(-n2c3ccccc3c3cc(-n4c5ccccc5c5ccccc54)ccc32)c([2H])c1-n1c2ccccc2c2ccccc21. The maximum atomic E-state index is 10.1. The van der Waals surface area contributed by atoms with E-state index in [2.05, 4.69) is 117 Å². The Balaban J connectivity index is 1.26. The van der Waals surface area contributed by atoms with Gasteiger partial charge in [-0.1, -0.05) is 121 Å². The van der Waals surface area contributed by atoms with E-state index in [1.807, 2.05) is 66.7 Å². The van der Waals surface area contributed by atoms with Gasteiger partial charge in [0.2, 0.25) is 0 Å². The van der Waals surface area contributed by atoms with Gasteiger partial charge in [-0.15, -0.1) is 0 Å². The number of rotatable bonds is 4. The molecule has 0 aliphatic carbocycles. The highest BCUT2D eigenvalue weighted by atomic mass is 15.0. The monoisotopic (exact) mass is 652 g/mol.